The maximum Gasteiger partial charge on any atom is 0.291 e. The van der Waals surface area contributed by atoms with E-state index in [1.54, 1.807) is 6.08 Å². The van der Waals surface area contributed by atoms with Crippen molar-refractivity contribution < 1.29 is 9.84 Å². The quantitative estimate of drug-likeness (QED) is 0.482. The fraction of sp³-hybridized carbons (Fsp3) is 0.400. The first-order chi connectivity index (χ1) is 4.33. The number of ether oxygens (including phenoxy) is 1. The number of hydrogen-bond acceptors (Lipinski definition) is 4. The maximum absolute atomic E-state index is 8.80. The monoisotopic (exact) mass is 128 g/mol. The molecule has 4 heteroatoms. The summed E-state index contributed by atoms with van der Waals surface area (Å²) in [5, 5.41) is 11.3. The first kappa shape index (κ1) is 5.94. The zero-order valence-electron chi connectivity index (χ0n) is 5.09. The van der Waals surface area contributed by atoms with E-state index in [0.29, 0.717) is 12.6 Å². The van der Waals surface area contributed by atoms with Crippen LogP contribution in [0, 0.1) is 0 Å². The molecule has 0 bridgehead atoms. The molecule has 0 saturated heterocycles. The van der Waals surface area contributed by atoms with Crippen LogP contribution in [0.25, 0.3) is 0 Å². The number of nitrogens with zero attached hydrogens (tertiary/aromatic N) is 1. The SMILES string of the molecule is COC1=NCC=C(O)N1. The molecule has 1 aliphatic rings. The van der Waals surface area contributed by atoms with Crippen LogP contribution in [0.5, 0.6) is 0 Å². The van der Waals surface area contributed by atoms with Crippen LogP contribution in [0.2, 0.25) is 0 Å². The van der Waals surface area contributed by atoms with Gasteiger partial charge in [0.05, 0.1) is 13.7 Å². The number of aliphatic hydroxyl groups is 1. The Balaban J connectivity index is 2.51. The highest BCUT2D eigenvalue weighted by molar-refractivity contribution is 5.75. The number of aliphatic imine (C=N–C) groups is 1. The van der Waals surface area contributed by atoms with Crippen molar-refractivity contribution in [3.05, 3.63) is 12.0 Å². The molecule has 0 aromatic heterocycles. The van der Waals surface area contributed by atoms with Crippen molar-refractivity contribution in [1.29, 1.82) is 0 Å². The largest absolute Gasteiger partial charge is 0.495 e. The molecule has 0 unspecified atom stereocenters. The van der Waals surface area contributed by atoms with Gasteiger partial charge in [0, 0.05) is 0 Å². The molecule has 4 nitrogen and oxygen atoms in total. The van der Waals surface area contributed by atoms with Gasteiger partial charge in [-0.1, -0.05) is 0 Å². The number of rotatable bonds is 0. The van der Waals surface area contributed by atoms with E-state index >= 15 is 0 Å². The van der Waals surface area contributed by atoms with Crippen molar-refractivity contribution >= 4 is 6.02 Å². The van der Waals surface area contributed by atoms with Crippen LogP contribution in [0.3, 0.4) is 0 Å². The van der Waals surface area contributed by atoms with Crippen molar-refractivity contribution in [2.45, 2.75) is 0 Å². The number of nitrogens with one attached hydrogen (secondary N) is 1. The molecule has 9 heavy (non-hydrogen) atoms. The molecule has 0 amide bonds. The lowest BCUT2D eigenvalue weighted by atomic mass is 10.5. The summed E-state index contributed by atoms with van der Waals surface area (Å²) in [6, 6.07) is 0.356. The molecule has 0 fully saturated rings. The molecule has 0 aromatic rings. The molecule has 0 radical (unpaired) electrons. The molecule has 50 valence electrons. The summed E-state index contributed by atoms with van der Waals surface area (Å²) in [6.07, 6.45) is 1.56. The van der Waals surface area contributed by atoms with E-state index in [0.717, 1.165) is 0 Å². The fourth-order valence-electron chi connectivity index (χ4n) is 0.531. The van der Waals surface area contributed by atoms with Gasteiger partial charge in [-0.05, 0) is 6.08 Å². The highest BCUT2D eigenvalue weighted by Gasteiger charge is 2.02. The van der Waals surface area contributed by atoms with Gasteiger partial charge in [-0.15, -0.1) is 0 Å². The van der Waals surface area contributed by atoms with Gasteiger partial charge >= 0.3 is 0 Å². The van der Waals surface area contributed by atoms with Gasteiger partial charge < -0.3 is 9.84 Å². The van der Waals surface area contributed by atoms with E-state index in [4.69, 9.17) is 9.84 Å². The second-order valence-electron chi connectivity index (χ2n) is 1.56. The van der Waals surface area contributed by atoms with Gasteiger partial charge in [-0.3, -0.25) is 5.32 Å². The zero-order valence-corrected chi connectivity index (χ0v) is 5.09. The van der Waals surface area contributed by atoms with E-state index in [1.807, 2.05) is 0 Å². The van der Waals surface area contributed by atoms with Crippen molar-refractivity contribution in [3.63, 3.8) is 0 Å². The summed E-state index contributed by atoms with van der Waals surface area (Å²) in [5.41, 5.74) is 0. The molecule has 1 heterocycles. The number of hydrogen-bond donors (Lipinski definition) is 2. The Labute approximate surface area is 52.9 Å². The van der Waals surface area contributed by atoms with E-state index < -0.39 is 0 Å². The summed E-state index contributed by atoms with van der Waals surface area (Å²) >= 11 is 0. The lowest BCUT2D eigenvalue weighted by molar-refractivity contribution is 0.335. The number of aliphatic hydroxyl groups excluding tert-OH is 1. The van der Waals surface area contributed by atoms with Crippen LogP contribution >= 0.6 is 0 Å². The van der Waals surface area contributed by atoms with Gasteiger partial charge in [0.1, 0.15) is 0 Å². The molecule has 0 saturated carbocycles. The predicted octanol–water partition coefficient (Wildman–Crippen LogP) is -0.00860. The fourth-order valence-corrected chi connectivity index (χ4v) is 0.531. The number of amidine groups is 1. The van der Waals surface area contributed by atoms with Crippen molar-refractivity contribution in [1.82, 2.24) is 5.32 Å². The first-order valence-electron chi connectivity index (χ1n) is 2.57. The summed E-state index contributed by atoms with van der Waals surface area (Å²) in [6.45, 7) is 0.474. The maximum atomic E-state index is 8.80. The van der Waals surface area contributed by atoms with Crippen LogP contribution in [-0.2, 0) is 4.74 Å². The molecule has 1 rings (SSSR count). The highest BCUT2D eigenvalue weighted by Crippen LogP contribution is 1.91. The lowest BCUT2D eigenvalue weighted by Crippen LogP contribution is -2.27. The average Bonchev–Trinajstić information content (AvgIpc) is 1.88. The van der Waals surface area contributed by atoms with Crippen molar-refractivity contribution in [3.8, 4) is 0 Å². The van der Waals surface area contributed by atoms with Crippen molar-refractivity contribution in [2.75, 3.05) is 13.7 Å². The second-order valence-corrected chi connectivity index (χ2v) is 1.56. The highest BCUT2D eigenvalue weighted by atomic mass is 16.5. The second kappa shape index (κ2) is 2.39. The molecular formula is C5H8N2O2. The number of methoxy groups -OCH3 is 1. The van der Waals surface area contributed by atoms with Crippen LogP contribution in [0.1, 0.15) is 0 Å². The van der Waals surface area contributed by atoms with Crippen LogP contribution in [0.15, 0.2) is 17.0 Å². The molecule has 2 N–H and O–H groups in total. The Bertz CT molecular complexity index is 162. The van der Waals surface area contributed by atoms with Gasteiger partial charge in [0.15, 0.2) is 5.88 Å². The Hall–Kier alpha value is -1.19. The van der Waals surface area contributed by atoms with E-state index in [-0.39, 0.29) is 5.88 Å². The summed E-state index contributed by atoms with van der Waals surface area (Å²) in [4.78, 5) is 3.85. The van der Waals surface area contributed by atoms with Gasteiger partial charge in [-0.2, -0.15) is 0 Å². The van der Waals surface area contributed by atoms with Crippen LogP contribution < -0.4 is 5.32 Å². The Morgan fingerprint density at radius 1 is 1.89 bits per heavy atom. The molecule has 0 spiro atoms. The Kier molecular flexibility index (Phi) is 1.58. The minimum absolute atomic E-state index is 0.0989. The Morgan fingerprint density at radius 3 is 3.11 bits per heavy atom. The lowest BCUT2D eigenvalue weighted by Gasteiger charge is -2.09. The molecule has 0 atom stereocenters. The summed E-state index contributed by atoms with van der Waals surface area (Å²) in [5.74, 6) is 0.0989. The van der Waals surface area contributed by atoms with Gasteiger partial charge in [0.25, 0.3) is 6.02 Å². The summed E-state index contributed by atoms with van der Waals surface area (Å²) in [7, 11) is 1.49. The average molecular weight is 128 g/mol. The Morgan fingerprint density at radius 2 is 2.67 bits per heavy atom. The van der Waals surface area contributed by atoms with Gasteiger partial charge in [0.2, 0.25) is 0 Å². The zero-order chi connectivity index (χ0) is 6.69. The molecule has 0 aromatic carbocycles. The van der Waals surface area contributed by atoms with Crippen LogP contribution in [0.4, 0.5) is 0 Å². The standard InChI is InChI=1S/C5H8N2O2/c1-9-5-6-3-2-4(8)7-5/h2,8H,3H2,1H3,(H,6,7). The van der Waals surface area contributed by atoms with Crippen LogP contribution in [-0.4, -0.2) is 24.8 Å². The predicted molar refractivity (Wildman–Crippen MR) is 33.2 cm³/mol. The third-order valence-electron chi connectivity index (χ3n) is 0.948. The normalized spacial score (nSPS) is 17.4. The van der Waals surface area contributed by atoms with E-state index in [9.17, 15) is 0 Å². The minimum atomic E-state index is 0.0989. The minimum Gasteiger partial charge on any atom is -0.495 e. The summed E-state index contributed by atoms with van der Waals surface area (Å²) < 4.78 is 4.70. The van der Waals surface area contributed by atoms with E-state index in [2.05, 4.69) is 10.3 Å². The first-order valence-corrected chi connectivity index (χ1v) is 2.57. The molecular weight excluding hydrogens is 120 g/mol. The third-order valence-corrected chi connectivity index (χ3v) is 0.948. The topological polar surface area (TPSA) is 53.9 Å². The molecule has 1 aliphatic heterocycles. The van der Waals surface area contributed by atoms with Gasteiger partial charge in [-0.25, -0.2) is 4.99 Å². The van der Waals surface area contributed by atoms with Crippen molar-refractivity contribution in [2.24, 2.45) is 4.99 Å². The smallest absolute Gasteiger partial charge is 0.291 e. The molecule has 0 aliphatic carbocycles. The van der Waals surface area contributed by atoms with E-state index in [1.165, 1.54) is 7.11 Å². The third kappa shape index (κ3) is 1.35.